The lowest BCUT2D eigenvalue weighted by atomic mass is 9.55. The van der Waals surface area contributed by atoms with Crippen LogP contribution < -0.4 is 0 Å². The van der Waals surface area contributed by atoms with Crippen LogP contribution in [-0.4, -0.2) is 21.9 Å². The minimum Gasteiger partial charge on any atom is -0.392 e. The van der Waals surface area contributed by atoms with Gasteiger partial charge in [0.25, 0.3) is 0 Å². The summed E-state index contributed by atoms with van der Waals surface area (Å²) < 4.78 is 0. The first-order chi connectivity index (χ1) is 7.75. The number of aliphatic hydroxyl groups is 2. The highest BCUT2D eigenvalue weighted by atomic mass is 16.3. The topological polar surface area (TPSA) is 40.5 Å². The summed E-state index contributed by atoms with van der Waals surface area (Å²) in [5.74, 6) is 0.797. The predicted molar refractivity (Wildman–Crippen MR) is 69.6 cm³/mol. The number of fused-ring (bicyclic) bond motifs is 1. The van der Waals surface area contributed by atoms with Gasteiger partial charge < -0.3 is 10.2 Å². The molecule has 0 radical (unpaired) electrons. The predicted octanol–water partition coefficient (Wildman–Crippen LogP) is 2.89. The average Bonchev–Trinajstić information content (AvgIpc) is 2.22. The van der Waals surface area contributed by atoms with Gasteiger partial charge in [-0.1, -0.05) is 18.6 Å². The molecule has 0 bridgehead atoms. The molecular formula is C15H26O2. The summed E-state index contributed by atoms with van der Waals surface area (Å²) >= 11 is 0. The number of rotatable bonds is 1. The molecule has 4 atom stereocenters. The Morgan fingerprint density at radius 3 is 2.65 bits per heavy atom. The summed E-state index contributed by atoms with van der Waals surface area (Å²) in [6.07, 6.45) is 5.84. The lowest BCUT2D eigenvalue weighted by molar-refractivity contribution is -0.0797. The summed E-state index contributed by atoms with van der Waals surface area (Å²) in [4.78, 5) is 0. The standard InChI is InChI=1S/C15H26O2/c1-10-5-6-13(16)15(4)8-7-11(9-12(10)15)14(2,3)17/h5,11-13,16-17H,6-9H2,1-4H3/t11-,12+,13-,15+/m1/s1. The molecule has 98 valence electrons. The van der Waals surface area contributed by atoms with Crippen molar-refractivity contribution < 1.29 is 10.2 Å². The van der Waals surface area contributed by atoms with E-state index in [1.54, 1.807) is 0 Å². The van der Waals surface area contributed by atoms with Crippen LogP contribution in [0.1, 0.15) is 53.4 Å². The highest BCUT2D eigenvalue weighted by Gasteiger charge is 2.49. The molecular weight excluding hydrogens is 212 g/mol. The summed E-state index contributed by atoms with van der Waals surface area (Å²) in [6.45, 7) is 8.23. The van der Waals surface area contributed by atoms with Gasteiger partial charge in [0.2, 0.25) is 0 Å². The van der Waals surface area contributed by atoms with Crippen molar-refractivity contribution in [1.82, 2.24) is 0 Å². The minimum absolute atomic E-state index is 0.0284. The molecule has 0 aromatic carbocycles. The zero-order valence-electron chi connectivity index (χ0n) is 11.5. The Morgan fingerprint density at radius 2 is 2.06 bits per heavy atom. The number of allylic oxidation sites excluding steroid dienone is 1. The van der Waals surface area contributed by atoms with E-state index in [1.807, 2.05) is 13.8 Å². The Labute approximate surface area is 105 Å². The molecule has 0 aromatic heterocycles. The van der Waals surface area contributed by atoms with E-state index in [4.69, 9.17) is 0 Å². The Morgan fingerprint density at radius 1 is 1.41 bits per heavy atom. The Kier molecular flexibility index (Phi) is 3.16. The van der Waals surface area contributed by atoms with E-state index in [-0.39, 0.29) is 11.5 Å². The highest BCUT2D eigenvalue weighted by molar-refractivity contribution is 5.18. The smallest absolute Gasteiger partial charge is 0.0633 e. The van der Waals surface area contributed by atoms with Crippen molar-refractivity contribution in [2.45, 2.75) is 65.1 Å². The molecule has 0 heterocycles. The molecule has 0 saturated heterocycles. The van der Waals surface area contributed by atoms with Crippen LogP contribution in [0, 0.1) is 17.3 Å². The summed E-state index contributed by atoms with van der Waals surface area (Å²) in [5.41, 5.74) is 0.844. The second-order valence-corrected chi connectivity index (χ2v) is 6.88. The molecule has 17 heavy (non-hydrogen) atoms. The number of hydrogen-bond donors (Lipinski definition) is 2. The molecule has 2 heteroatoms. The van der Waals surface area contributed by atoms with Crippen molar-refractivity contribution >= 4 is 0 Å². The average molecular weight is 238 g/mol. The molecule has 0 unspecified atom stereocenters. The zero-order valence-corrected chi connectivity index (χ0v) is 11.5. The van der Waals surface area contributed by atoms with Crippen molar-refractivity contribution in [1.29, 1.82) is 0 Å². The van der Waals surface area contributed by atoms with Crippen LogP contribution in [0.25, 0.3) is 0 Å². The first-order valence-corrected chi connectivity index (χ1v) is 6.82. The molecule has 0 spiro atoms. The summed E-state index contributed by atoms with van der Waals surface area (Å²) in [7, 11) is 0. The van der Waals surface area contributed by atoms with Gasteiger partial charge >= 0.3 is 0 Å². The van der Waals surface area contributed by atoms with E-state index in [0.717, 1.165) is 25.7 Å². The second kappa shape index (κ2) is 4.10. The van der Waals surface area contributed by atoms with Gasteiger partial charge in [0, 0.05) is 5.41 Å². The van der Waals surface area contributed by atoms with Gasteiger partial charge in [-0.25, -0.2) is 0 Å². The minimum atomic E-state index is -0.593. The second-order valence-electron chi connectivity index (χ2n) is 6.88. The van der Waals surface area contributed by atoms with Gasteiger partial charge in [0.1, 0.15) is 0 Å². The fourth-order valence-electron chi connectivity index (χ4n) is 3.79. The van der Waals surface area contributed by atoms with Gasteiger partial charge in [-0.15, -0.1) is 0 Å². The maximum atomic E-state index is 10.3. The number of aliphatic hydroxyl groups excluding tert-OH is 1. The fraction of sp³-hybridized carbons (Fsp3) is 0.867. The van der Waals surface area contributed by atoms with Crippen molar-refractivity contribution in [2.24, 2.45) is 17.3 Å². The Balaban J connectivity index is 2.24. The Bertz CT molecular complexity index is 326. The van der Waals surface area contributed by atoms with E-state index >= 15 is 0 Å². The van der Waals surface area contributed by atoms with Crippen LogP contribution >= 0.6 is 0 Å². The van der Waals surface area contributed by atoms with E-state index < -0.39 is 5.60 Å². The number of hydrogen-bond acceptors (Lipinski definition) is 2. The lowest BCUT2D eigenvalue weighted by Gasteiger charge is -2.52. The quantitative estimate of drug-likeness (QED) is 0.690. The molecule has 1 fully saturated rings. The largest absolute Gasteiger partial charge is 0.392 e. The molecule has 2 rings (SSSR count). The zero-order chi connectivity index (χ0) is 12.8. The van der Waals surface area contributed by atoms with E-state index in [1.165, 1.54) is 5.57 Å². The molecule has 2 N–H and O–H groups in total. The normalized spacial score (nSPS) is 42.9. The van der Waals surface area contributed by atoms with Gasteiger partial charge in [0.15, 0.2) is 0 Å². The maximum absolute atomic E-state index is 10.3. The fourth-order valence-corrected chi connectivity index (χ4v) is 3.79. The molecule has 0 aliphatic heterocycles. The van der Waals surface area contributed by atoms with Crippen molar-refractivity contribution in [2.75, 3.05) is 0 Å². The molecule has 2 aliphatic carbocycles. The van der Waals surface area contributed by atoms with Crippen LogP contribution in [-0.2, 0) is 0 Å². The molecule has 1 saturated carbocycles. The first-order valence-electron chi connectivity index (χ1n) is 6.82. The van der Waals surface area contributed by atoms with Gasteiger partial charge in [-0.2, -0.15) is 0 Å². The maximum Gasteiger partial charge on any atom is 0.0633 e. The van der Waals surface area contributed by atoms with Crippen molar-refractivity contribution in [3.8, 4) is 0 Å². The van der Waals surface area contributed by atoms with Crippen LogP contribution in [0.15, 0.2) is 11.6 Å². The van der Waals surface area contributed by atoms with Crippen LogP contribution in [0.2, 0.25) is 0 Å². The SMILES string of the molecule is CC1=CC[C@@H](O)[C@@]2(C)CC[C@@H](C(C)(C)O)C[C@@H]12. The van der Waals surface area contributed by atoms with Crippen molar-refractivity contribution in [3.05, 3.63) is 11.6 Å². The van der Waals surface area contributed by atoms with Gasteiger partial charge in [-0.05, 0) is 58.3 Å². The van der Waals surface area contributed by atoms with Crippen LogP contribution in [0.4, 0.5) is 0 Å². The summed E-state index contributed by atoms with van der Waals surface area (Å²) in [6, 6.07) is 0. The molecule has 0 amide bonds. The molecule has 2 aliphatic rings. The Hall–Kier alpha value is -0.340. The highest BCUT2D eigenvalue weighted by Crippen LogP contribution is 2.53. The summed E-state index contributed by atoms with van der Waals surface area (Å²) in [5, 5.41) is 20.5. The third-order valence-corrected chi connectivity index (χ3v) is 5.32. The van der Waals surface area contributed by atoms with E-state index in [2.05, 4.69) is 19.9 Å². The van der Waals surface area contributed by atoms with Crippen molar-refractivity contribution in [3.63, 3.8) is 0 Å². The monoisotopic (exact) mass is 238 g/mol. The van der Waals surface area contributed by atoms with Gasteiger partial charge in [-0.3, -0.25) is 0 Å². The van der Waals surface area contributed by atoms with Crippen LogP contribution in [0.3, 0.4) is 0 Å². The van der Waals surface area contributed by atoms with Gasteiger partial charge in [0.05, 0.1) is 11.7 Å². The van der Waals surface area contributed by atoms with E-state index in [0.29, 0.717) is 11.8 Å². The first kappa shape index (κ1) is 13.1. The third kappa shape index (κ3) is 2.17. The third-order valence-electron chi connectivity index (χ3n) is 5.32. The lowest BCUT2D eigenvalue weighted by Crippen LogP contribution is -2.49. The van der Waals surface area contributed by atoms with Crippen LogP contribution in [0.5, 0.6) is 0 Å². The van der Waals surface area contributed by atoms with E-state index in [9.17, 15) is 10.2 Å². The molecule has 2 nitrogen and oxygen atoms in total. The molecule has 0 aromatic rings.